The number of hydrogen-bond donors (Lipinski definition) is 4. The van der Waals surface area contributed by atoms with Crippen LogP contribution in [0.25, 0.3) is 0 Å². The van der Waals surface area contributed by atoms with Gasteiger partial charge in [-0.15, -0.1) is 0 Å². The molecule has 8 nitrogen and oxygen atoms in total. The highest BCUT2D eigenvalue weighted by atomic mass is 16.5. The van der Waals surface area contributed by atoms with E-state index in [1.165, 1.54) is 0 Å². The smallest absolute Gasteiger partial charge is 0.170 e. The van der Waals surface area contributed by atoms with Crippen LogP contribution in [0.1, 0.15) is 43.2 Å². The molecule has 0 aliphatic rings. The first-order valence-electron chi connectivity index (χ1n) is 9.55. The maximum Gasteiger partial charge on any atom is 0.170 e. The normalized spacial score (nSPS) is 12.0. The molecule has 0 fully saturated rings. The summed E-state index contributed by atoms with van der Waals surface area (Å²) in [6, 6.07) is 14.3. The second kappa shape index (κ2) is 12.1. The van der Waals surface area contributed by atoms with Gasteiger partial charge in [0.15, 0.2) is 11.7 Å². The summed E-state index contributed by atoms with van der Waals surface area (Å²) in [6.07, 6.45) is 5.28. The second-order valence-corrected chi connectivity index (χ2v) is 6.48. The van der Waals surface area contributed by atoms with Crippen molar-refractivity contribution in [2.75, 3.05) is 13.2 Å². The molecular formula is C21H28N4O4. The van der Waals surface area contributed by atoms with Gasteiger partial charge in [0.2, 0.25) is 0 Å². The lowest BCUT2D eigenvalue weighted by atomic mass is 10.1. The van der Waals surface area contributed by atoms with E-state index >= 15 is 0 Å². The van der Waals surface area contributed by atoms with Crippen molar-refractivity contribution in [2.24, 2.45) is 21.8 Å². The Kier molecular flexibility index (Phi) is 9.14. The van der Waals surface area contributed by atoms with E-state index < -0.39 is 0 Å². The number of hydrogen-bond acceptors (Lipinski definition) is 6. The van der Waals surface area contributed by atoms with Crippen LogP contribution < -0.4 is 20.9 Å². The molecule has 0 aliphatic carbocycles. The van der Waals surface area contributed by atoms with Crippen molar-refractivity contribution < 1.29 is 19.9 Å². The van der Waals surface area contributed by atoms with Gasteiger partial charge in [-0.3, -0.25) is 0 Å². The third kappa shape index (κ3) is 7.61. The van der Waals surface area contributed by atoms with Gasteiger partial charge in [-0.25, -0.2) is 0 Å². The van der Waals surface area contributed by atoms with Crippen molar-refractivity contribution in [1.29, 1.82) is 0 Å². The monoisotopic (exact) mass is 400 g/mol. The van der Waals surface area contributed by atoms with E-state index in [9.17, 15) is 0 Å². The van der Waals surface area contributed by atoms with Crippen molar-refractivity contribution in [3.8, 4) is 11.5 Å². The van der Waals surface area contributed by atoms with E-state index in [1.54, 1.807) is 24.3 Å². The molecule has 2 aromatic rings. The molecule has 0 unspecified atom stereocenters. The number of unbranched alkanes of at least 4 members (excludes halogenated alkanes) is 4. The van der Waals surface area contributed by atoms with Crippen LogP contribution >= 0.6 is 0 Å². The lowest BCUT2D eigenvalue weighted by Gasteiger charge is -2.08. The van der Waals surface area contributed by atoms with E-state index in [0.29, 0.717) is 24.3 Å². The van der Waals surface area contributed by atoms with Crippen molar-refractivity contribution in [3.05, 3.63) is 59.7 Å². The summed E-state index contributed by atoms with van der Waals surface area (Å²) in [7, 11) is 0. The molecule has 0 aromatic heterocycles. The number of ether oxygens (including phenoxy) is 2. The van der Waals surface area contributed by atoms with Crippen LogP contribution in [0.15, 0.2) is 58.8 Å². The molecule has 0 atom stereocenters. The average Bonchev–Trinajstić information content (AvgIpc) is 2.77. The molecule has 0 heterocycles. The summed E-state index contributed by atoms with van der Waals surface area (Å²) in [5, 5.41) is 23.2. The lowest BCUT2D eigenvalue weighted by Crippen LogP contribution is -2.12. The van der Waals surface area contributed by atoms with Gasteiger partial charge in [-0.1, -0.05) is 29.6 Å². The molecule has 6 N–H and O–H groups in total. The summed E-state index contributed by atoms with van der Waals surface area (Å²) in [5.41, 5.74) is 12.4. The minimum atomic E-state index is 0.0818. The average molecular weight is 400 g/mol. The Hall–Kier alpha value is -3.42. The van der Waals surface area contributed by atoms with Gasteiger partial charge in [0.05, 0.1) is 13.2 Å². The van der Waals surface area contributed by atoms with Crippen molar-refractivity contribution in [2.45, 2.75) is 32.1 Å². The lowest BCUT2D eigenvalue weighted by molar-refractivity contribution is 0.293. The van der Waals surface area contributed by atoms with E-state index in [-0.39, 0.29) is 11.7 Å². The zero-order valence-electron chi connectivity index (χ0n) is 16.3. The summed E-state index contributed by atoms with van der Waals surface area (Å²) in [6.45, 7) is 1.32. The van der Waals surface area contributed by atoms with Crippen LogP contribution in [0, 0.1) is 0 Å². The van der Waals surface area contributed by atoms with Crippen LogP contribution in [-0.4, -0.2) is 35.3 Å². The highest BCUT2D eigenvalue weighted by molar-refractivity contribution is 5.97. The molecule has 29 heavy (non-hydrogen) atoms. The fraction of sp³-hybridized carbons (Fsp3) is 0.333. The van der Waals surface area contributed by atoms with Crippen LogP contribution in [0.2, 0.25) is 0 Å². The van der Waals surface area contributed by atoms with Crippen molar-refractivity contribution >= 4 is 11.7 Å². The standard InChI is InChI=1S/C21H28N4O4/c22-20(24-26)16-6-10-18(11-7-16)28-14-4-2-1-3-5-15-29-19-12-8-17(9-13-19)21(23)25-27/h6-13,26-27H,1-5,14-15H2,(H2,22,24)(H2,23,25). The van der Waals surface area contributed by atoms with Gasteiger partial charge in [0.25, 0.3) is 0 Å². The second-order valence-electron chi connectivity index (χ2n) is 6.48. The number of benzene rings is 2. The predicted molar refractivity (Wildman–Crippen MR) is 112 cm³/mol. The topological polar surface area (TPSA) is 136 Å². The first-order valence-corrected chi connectivity index (χ1v) is 9.55. The molecule has 2 aromatic carbocycles. The molecule has 0 saturated carbocycles. The maximum atomic E-state index is 8.64. The highest BCUT2D eigenvalue weighted by Crippen LogP contribution is 2.14. The first-order chi connectivity index (χ1) is 14.1. The Morgan fingerprint density at radius 1 is 0.621 bits per heavy atom. The Bertz CT molecular complexity index is 722. The van der Waals surface area contributed by atoms with Crippen molar-refractivity contribution in [3.63, 3.8) is 0 Å². The van der Waals surface area contributed by atoms with E-state index in [1.807, 2.05) is 24.3 Å². The molecule has 0 saturated heterocycles. The van der Waals surface area contributed by atoms with Crippen LogP contribution in [0.5, 0.6) is 11.5 Å². The third-order valence-corrected chi connectivity index (χ3v) is 4.34. The van der Waals surface area contributed by atoms with Gasteiger partial charge < -0.3 is 31.4 Å². The van der Waals surface area contributed by atoms with Gasteiger partial charge in [-0.2, -0.15) is 0 Å². The van der Waals surface area contributed by atoms with Gasteiger partial charge in [-0.05, 0) is 61.4 Å². The van der Waals surface area contributed by atoms with Crippen LogP contribution in [0.3, 0.4) is 0 Å². The van der Waals surface area contributed by atoms with Gasteiger partial charge in [0.1, 0.15) is 11.5 Å². The Morgan fingerprint density at radius 3 is 1.31 bits per heavy atom. The fourth-order valence-corrected chi connectivity index (χ4v) is 2.67. The number of amidine groups is 2. The minimum Gasteiger partial charge on any atom is -0.494 e. The van der Waals surface area contributed by atoms with Crippen LogP contribution in [-0.2, 0) is 0 Å². The summed E-state index contributed by atoms with van der Waals surface area (Å²) < 4.78 is 11.4. The number of nitrogens with zero attached hydrogens (tertiary/aromatic N) is 2. The first kappa shape index (κ1) is 21.9. The highest BCUT2D eigenvalue weighted by Gasteiger charge is 2.01. The zero-order chi connectivity index (χ0) is 20.9. The molecule has 0 bridgehead atoms. The van der Waals surface area contributed by atoms with E-state index in [2.05, 4.69) is 10.3 Å². The minimum absolute atomic E-state index is 0.0818. The molecule has 0 spiro atoms. The quantitative estimate of drug-likeness (QED) is 0.142. The Labute approximate surface area is 170 Å². The number of nitrogens with two attached hydrogens (primary N) is 2. The fourth-order valence-electron chi connectivity index (χ4n) is 2.67. The maximum absolute atomic E-state index is 8.64. The van der Waals surface area contributed by atoms with E-state index in [0.717, 1.165) is 43.6 Å². The molecule has 2 rings (SSSR count). The molecule has 0 aliphatic heterocycles. The molecule has 8 heteroatoms. The SMILES string of the molecule is NC(=NO)c1ccc(OCCCCCCCOc2ccc(C(N)=NO)cc2)cc1. The number of rotatable bonds is 12. The Morgan fingerprint density at radius 2 is 0.966 bits per heavy atom. The summed E-state index contributed by atoms with van der Waals surface area (Å²) >= 11 is 0. The Balaban J connectivity index is 1.51. The zero-order valence-corrected chi connectivity index (χ0v) is 16.3. The third-order valence-electron chi connectivity index (χ3n) is 4.34. The van der Waals surface area contributed by atoms with Gasteiger partial charge in [0, 0.05) is 11.1 Å². The van der Waals surface area contributed by atoms with Crippen molar-refractivity contribution in [1.82, 2.24) is 0 Å². The molecular weight excluding hydrogens is 372 g/mol. The molecule has 0 amide bonds. The summed E-state index contributed by atoms with van der Waals surface area (Å²) in [5.74, 6) is 1.70. The van der Waals surface area contributed by atoms with E-state index in [4.69, 9.17) is 31.4 Å². The van der Waals surface area contributed by atoms with Crippen LogP contribution in [0.4, 0.5) is 0 Å². The summed E-state index contributed by atoms with van der Waals surface area (Å²) in [4.78, 5) is 0. The predicted octanol–water partition coefficient (Wildman–Crippen LogP) is 3.28. The van der Waals surface area contributed by atoms with Gasteiger partial charge >= 0.3 is 0 Å². The number of oxime groups is 2. The molecule has 156 valence electrons. The largest absolute Gasteiger partial charge is 0.494 e. The molecule has 0 radical (unpaired) electrons.